The van der Waals surface area contributed by atoms with Gasteiger partial charge >= 0.3 is 0 Å². The lowest BCUT2D eigenvalue weighted by atomic mass is 10.1. The molecule has 0 atom stereocenters. The first-order chi connectivity index (χ1) is 15.5. The highest BCUT2D eigenvalue weighted by molar-refractivity contribution is 7.15. The number of hydrogen-bond donors (Lipinski definition) is 0. The van der Waals surface area contributed by atoms with E-state index in [-0.39, 0.29) is 23.0 Å². The van der Waals surface area contributed by atoms with Gasteiger partial charge in [-0.1, -0.05) is 18.2 Å². The topological polar surface area (TPSA) is 71.2 Å². The zero-order chi connectivity index (χ0) is 22.2. The fraction of sp³-hybridized carbons (Fsp3) is 0.125. The molecular weight excluding hydrogens is 427 g/mol. The summed E-state index contributed by atoms with van der Waals surface area (Å²) in [5, 5.41) is 13.5. The van der Waals surface area contributed by atoms with Crippen LogP contribution in [0.5, 0.6) is 11.5 Å². The van der Waals surface area contributed by atoms with Crippen LogP contribution in [0.25, 0.3) is 10.4 Å². The molecular formula is C24H17FN4O2S. The number of aryl methyl sites for hydroxylation is 1. The average molecular weight is 444 g/mol. The highest BCUT2D eigenvalue weighted by Gasteiger charge is 2.31. The highest BCUT2D eigenvalue weighted by Crippen LogP contribution is 2.37. The van der Waals surface area contributed by atoms with E-state index < -0.39 is 5.82 Å². The molecule has 0 saturated carbocycles. The summed E-state index contributed by atoms with van der Waals surface area (Å²) in [6, 6.07) is 15.4. The minimum absolute atomic E-state index is 0.0754. The smallest absolute Gasteiger partial charge is 0.258 e. The van der Waals surface area contributed by atoms with E-state index in [2.05, 4.69) is 5.10 Å². The molecule has 0 unspecified atom stereocenters. The number of para-hydroxylation sites is 1. The molecule has 0 saturated heterocycles. The summed E-state index contributed by atoms with van der Waals surface area (Å²) >= 11 is 1.62. The average Bonchev–Trinajstić information content (AvgIpc) is 3.50. The van der Waals surface area contributed by atoms with Crippen molar-refractivity contribution in [2.24, 2.45) is 7.05 Å². The van der Waals surface area contributed by atoms with Crippen LogP contribution in [0.1, 0.15) is 26.4 Å². The Kier molecular flexibility index (Phi) is 4.96. The van der Waals surface area contributed by atoms with Crippen LogP contribution in [0.15, 0.2) is 60.9 Å². The zero-order valence-corrected chi connectivity index (χ0v) is 17.9. The van der Waals surface area contributed by atoms with Crippen molar-refractivity contribution in [3.63, 3.8) is 0 Å². The normalized spacial score (nSPS) is 12.7. The second-order valence-electron chi connectivity index (χ2n) is 7.45. The third-order valence-electron chi connectivity index (χ3n) is 5.27. The molecule has 1 aliphatic rings. The molecule has 0 aliphatic carbocycles. The standard InChI is InChI=1S/C24H17FN4O2S/c1-28-12-17(11-27-28)21-9-8-18(32-21)14-29-13-16-5-3-7-20(22(16)24(29)30)31-23-15(10-26)4-2-6-19(23)25/h2-9,11-12H,13-14H2,1H3. The van der Waals surface area contributed by atoms with Crippen LogP contribution >= 0.6 is 11.3 Å². The molecule has 0 radical (unpaired) electrons. The van der Waals surface area contributed by atoms with Crippen LogP contribution in [0.2, 0.25) is 0 Å². The molecule has 1 amide bonds. The third kappa shape index (κ3) is 3.53. The molecule has 0 spiro atoms. The van der Waals surface area contributed by atoms with E-state index in [0.717, 1.165) is 20.9 Å². The number of thiophene rings is 1. The largest absolute Gasteiger partial charge is 0.452 e. The van der Waals surface area contributed by atoms with E-state index in [1.807, 2.05) is 43.7 Å². The number of halogens is 1. The van der Waals surface area contributed by atoms with Gasteiger partial charge in [-0.25, -0.2) is 4.39 Å². The van der Waals surface area contributed by atoms with Crippen LogP contribution < -0.4 is 4.74 Å². The molecule has 2 aromatic heterocycles. The van der Waals surface area contributed by atoms with Gasteiger partial charge in [-0.05, 0) is 35.9 Å². The highest BCUT2D eigenvalue weighted by atomic mass is 32.1. The Bertz CT molecular complexity index is 1380. The SMILES string of the molecule is Cn1cc(-c2ccc(CN3Cc4cccc(Oc5c(F)cccc5C#N)c4C3=O)s2)cn1. The maximum atomic E-state index is 14.3. The summed E-state index contributed by atoms with van der Waals surface area (Å²) in [5.41, 5.74) is 2.33. The molecule has 1 aliphatic heterocycles. The van der Waals surface area contributed by atoms with Gasteiger partial charge in [0, 0.05) is 35.1 Å². The predicted molar refractivity (Wildman–Crippen MR) is 118 cm³/mol. The lowest BCUT2D eigenvalue weighted by Crippen LogP contribution is -2.22. The summed E-state index contributed by atoms with van der Waals surface area (Å²) in [7, 11) is 1.87. The molecule has 5 rings (SSSR count). The summed E-state index contributed by atoms with van der Waals surface area (Å²) in [6.07, 6.45) is 3.77. The number of carbonyl (C=O) groups excluding carboxylic acids is 1. The Morgan fingerprint density at radius 3 is 2.84 bits per heavy atom. The zero-order valence-electron chi connectivity index (χ0n) is 17.1. The van der Waals surface area contributed by atoms with Crippen LogP contribution in [-0.2, 0) is 20.1 Å². The van der Waals surface area contributed by atoms with Crippen molar-refractivity contribution in [3.8, 4) is 28.0 Å². The number of rotatable bonds is 5. The summed E-state index contributed by atoms with van der Waals surface area (Å²) in [4.78, 5) is 17.1. The molecule has 0 bridgehead atoms. The maximum Gasteiger partial charge on any atom is 0.258 e. The van der Waals surface area contributed by atoms with Crippen LogP contribution in [-0.4, -0.2) is 20.6 Å². The number of nitrogens with zero attached hydrogens (tertiary/aromatic N) is 4. The number of hydrogen-bond acceptors (Lipinski definition) is 5. The molecule has 0 N–H and O–H groups in total. The van der Waals surface area contributed by atoms with Crippen molar-refractivity contribution in [1.82, 2.24) is 14.7 Å². The van der Waals surface area contributed by atoms with Gasteiger partial charge in [0.1, 0.15) is 11.8 Å². The van der Waals surface area contributed by atoms with Crippen LogP contribution in [0.4, 0.5) is 4.39 Å². The fourth-order valence-electron chi connectivity index (χ4n) is 3.76. The fourth-order valence-corrected chi connectivity index (χ4v) is 4.76. The molecule has 6 nitrogen and oxygen atoms in total. The van der Waals surface area contributed by atoms with E-state index in [0.29, 0.717) is 18.7 Å². The first-order valence-corrected chi connectivity index (χ1v) is 10.7. The summed E-state index contributed by atoms with van der Waals surface area (Å²) < 4.78 is 21.8. The van der Waals surface area contributed by atoms with E-state index in [1.165, 1.54) is 18.2 Å². The van der Waals surface area contributed by atoms with E-state index in [4.69, 9.17) is 4.74 Å². The van der Waals surface area contributed by atoms with E-state index >= 15 is 0 Å². The first-order valence-electron chi connectivity index (χ1n) is 9.89. The van der Waals surface area contributed by atoms with Crippen molar-refractivity contribution in [2.45, 2.75) is 13.1 Å². The third-order valence-corrected chi connectivity index (χ3v) is 6.39. The van der Waals surface area contributed by atoms with Crippen molar-refractivity contribution in [3.05, 3.63) is 88.3 Å². The van der Waals surface area contributed by atoms with Gasteiger partial charge in [0.2, 0.25) is 0 Å². The van der Waals surface area contributed by atoms with Gasteiger partial charge in [0.25, 0.3) is 5.91 Å². The lowest BCUT2D eigenvalue weighted by Gasteiger charge is -2.15. The molecule has 2 aromatic carbocycles. The number of aromatic nitrogens is 2. The van der Waals surface area contributed by atoms with Gasteiger partial charge in [-0.15, -0.1) is 11.3 Å². The Balaban J connectivity index is 1.39. The first kappa shape index (κ1) is 20.0. The number of fused-ring (bicyclic) bond motifs is 1. The second-order valence-corrected chi connectivity index (χ2v) is 8.62. The van der Waals surface area contributed by atoms with Gasteiger partial charge < -0.3 is 9.64 Å². The van der Waals surface area contributed by atoms with E-state index in [1.54, 1.807) is 33.1 Å². The molecule has 4 aromatic rings. The van der Waals surface area contributed by atoms with Crippen LogP contribution in [0, 0.1) is 17.1 Å². The Morgan fingerprint density at radius 2 is 2.06 bits per heavy atom. The molecule has 8 heteroatoms. The van der Waals surface area contributed by atoms with Crippen molar-refractivity contribution < 1.29 is 13.9 Å². The molecule has 32 heavy (non-hydrogen) atoms. The minimum atomic E-state index is -0.648. The molecule has 158 valence electrons. The number of nitriles is 1. The van der Waals surface area contributed by atoms with E-state index in [9.17, 15) is 14.4 Å². The summed E-state index contributed by atoms with van der Waals surface area (Å²) in [5.74, 6) is -0.750. The van der Waals surface area contributed by atoms with Crippen molar-refractivity contribution >= 4 is 17.2 Å². The predicted octanol–water partition coefficient (Wildman–Crippen LogP) is 5.11. The minimum Gasteiger partial charge on any atom is -0.452 e. The number of benzene rings is 2. The van der Waals surface area contributed by atoms with Gasteiger partial charge in [-0.2, -0.15) is 10.4 Å². The molecule has 0 fully saturated rings. The Morgan fingerprint density at radius 1 is 1.22 bits per heavy atom. The van der Waals surface area contributed by atoms with Crippen molar-refractivity contribution in [1.29, 1.82) is 5.26 Å². The Hall–Kier alpha value is -3.96. The summed E-state index contributed by atoms with van der Waals surface area (Å²) in [6.45, 7) is 0.898. The number of amides is 1. The van der Waals surface area contributed by atoms with Gasteiger partial charge in [0.05, 0.1) is 23.9 Å². The number of ether oxygens (including phenoxy) is 1. The maximum absolute atomic E-state index is 14.3. The monoisotopic (exact) mass is 444 g/mol. The lowest BCUT2D eigenvalue weighted by molar-refractivity contribution is 0.0766. The van der Waals surface area contributed by atoms with Gasteiger partial charge in [0.15, 0.2) is 11.6 Å². The quantitative estimate of drug-likeness (QED) is 0.429. The second kappa shape index (κ2) is 7.94. The molecule has 3 heterocycles. The number of carbonyl (C=O) groups is 1. The van der Waals surface area contributed by atoms with Gasteiger partial charge in [-0.3, -0.25) is 9.48 Å². The van der Waals surface area contributed by atoms with Crippen molar-refractivity contribution in [2.75, 3.05) is 0 Å². The van der Waals surface area contributed by atoms with Crippen LogP contribution in [0.3, 0.4) is 0 Å². The Labute approximate surface area is 187 Å².